The average molecular weight is 441 g/mol. The zero-order valence-electron chi connectivity index (χ0n) is 19.5. The molecule has 6 nitrogen and oxygen atoms in total. The van der Waals surface area contributed by atoms with E-state index in [1.165, 1.54) is 50.5 Å². The standard InChI is InChI=1S/C25H44O6/c1-2-3-4-5-6-7-8-11-24-12-9-10-13-25(24)31-23-22-30-21-20-29-19-18-28-17-16-27-15-14-26/h9-10,12-13,26H,2-8,11,14-23H2,1H3. The van der Waals surface area contributed by atoms with Gasteiger partial charge in [0.25, 0.3) is 0 Å². The van der Waals surface area contributed by atoms with Gasteiger partial charge in [0.05, 0.1) is 59.5 Å². The summed E-state index contributed by atoms with van der Waals surface area (Å²) in [5.74, 6) is 0.980. The van der Waals surface area contributed by atoms with Crippen LogP contribution in [0.1, 0.15) is 57.4 Å². The van der Waals surface area contributed by atoms with E-state index in [2.05, 4.69) is 25.1 Å². The molecule has 0 unspecified atom stereocenters. The number of rotatable bonds is 23. The summed E-state index contributed by atoms with van der Waals surface area (Å²) < 4.78 is 27.4. The Morgan fingerprint density at radius 2 is 1.13 bits per heavy atom. The Morgan fingerprint density at radius 1 is 0.613 bits per heavy atom. The van der Waals surface area contributed by atoms with Crippen molar-refractivity contribution in [3.63, 3.8) is 0 Å². The Labute approximate surface area is 189 Å². The minimum absolute atomic E-state index is 0.0416. The number of unbranched alkanes of at least 4 members (excludes halogenated alkanes) is 6. The van der Waals surface area contributed by atoms with Crippen molar-refractivity contribution in [3.8, 4) is 5.75 Å². The van der Waals surface area contributed by atoms with Gasteiger partial charge in [-0.3, -0.25) is 0 Å². The summed E-state index contributed by atoms with van der Waals surface area (Å²) in [5, 5.41) is 8.58. The van der Waals surface area contributed by atoms with Gasteiger partial charge in [-0.15, -0.1) is 0 Å². The van der Waals surface area contributed by atoms with Gasteiger partial charge in [-0.25, -0.2) is 0 Å². The van der Waals surface area contributed by atoms with Gasteiger partial charge in [0.2, 0.25) is 0 Å². The molecular formula is C25H44O6. The Bertz CT molecular complexity index is 497. The van der Waals surface area contributed by atoms with Crippen LogP contribution in [0.5, 0.6) is 5.75 Å². The van der Waals surface area contributed by atoms with Crippen LogP contribution in [-0.2, 0) is 25.4 Å². The maximum Gasteiger partial charge on any atom is 0.122 e. The Morgan fingerprint density at radius 3 is 1.74 bits per heavy atom. The Balaban J connectivity index is 1.96. The highest BCUT2D eigenvalue weighted by molar-refractivity contribution is 5.33. The Kier molecular flexibility index (Phi) is 19.8. The molecule has 1 aromatic rings. The molecular weight excluding hydrogens is 396 g/mol. The van der Waals surface area contributed by atoms with Crippen molar-refractivity contribution < 1.29 is 28.8 Å². The van der Waals surface area contributed by atoms with Gasteiger partial charge in [0.1, 0.15) is 12.4 Å². The average Bonchev–Trinajstić information content (AvgIpc) is 2.79. The van der Waals surface area contributed by atoms with Gasteiger partial charge in [0, 0.05) is 0 Å². The molecule has 0 aliphatic rings. The summed E-state index contributed by atoms with van der Waals surface area (Å²) in [6, 6.07) is 8.33. The lowest BCUT2D eigenvalue weighted by Crippen LogP contribution is -2.14. The number of para-hydroxylation sites is 1. The van der Waals surface area contributed by atoms with Gasteiger partial charge < -0.3 is 28.8 Å². The normalized spacial score (nSPS) is 11.2. The first-order valence-electron chi connectivity index (χ1n) is 12.0. The van der Waals surface area contributed by atoms with Crippen molar-refractivity contribution in [1.82, 2.24) is 0 Å². The number of hydrogen-bond donors (Lipinski definition) is 1. The van der Waals surface area contributed by atoms with Crippen LogP contribution < -0.4 is 4.74 Å². The van der Waals surface area contributed by atoms with Crippen LogP contribution in [0.3, 0.4) is 0 Å². The van der Waals surface area contributed by atoms with E-state index in [4.69, 9.17) is 28.8 Å². The van der Waals surface area contributed by atoms with Crippen molar-refractivity contribution in [2.24, 2.45) is 0 Å². The number of aliphatic hydroxyl groups excluding tert-OH is 1. The Hall–Kier alpha value is -1.18. The summed E-state index contributed by atoms with van der Waals surface area (Å²) in [6.07, 6.45) is 10.3. The molecule has 1 rings (SSSR count). The van der Waals surface area contributed by atoms with Crippen molar-refractivity contribution in [1.29, 1.82) is 0 Å². The number of ether oxygens (including phenoxy) is 5. The van der Waals surface area contributed by atoms with E-state index in [9.17, 15) is 0 Å². The molecule has 0 heterocycles. The zero-order chi connectivity index (χ0) is 22.2. The van der Waals surface area contributed by atoms with Crippen LogP contribution in [0.15, 0.2) is 24.3 Å². The molecule has 31 heavy (non-hydrogen) atoms. The predicted molar refractivity (Wildman–Crippen MR) is 124 cm³/mol. The first kappa shape index (κ1) is 27.9. The molecule has 0 amide bonds. The van der Waals surface area contributed by atoms with E-state index in [0.717, 1.165) is 12.2 Å². The van der Waals surface area contributed by atoms with Crippen molar-refractivity contribution >= 4 is 0 Å². The number of hydrogen-bond acceptors (Lipinski definition) is 6. The summed E-state index contributed by atoms with van der Waals surface area (Å²) in [4.78, 5) is 0. The SMILES string of the molecule is CCCCCCCCCc1ccccc1OCCOCCOCCOCCOCCO. The molecule has 6 heteroatoms. The fourth-order valence-corrected chi connectivity index (χ4v) is 3.16. The van der Waals surface area contributed by atoms with E-state index in [0.29, 0.717) is 59.5 Å². The second-order valence-electron chi connectivity index (χ2n) is 7.50. The van der Waals surface area contributed by atoms with E-state index in [-0.39, 0.29) is 6.61 Å². The smallest absolute Gasteiger partial charge is 0.122 e. The molecule has 0 radical (unpaired) electrons. The van der Waals surface area contributed by atoms with E-state index < -0.39 is 0 Å². The largest absolute Gasteiger partial charge is 0.491 e. The quantitative estimate of drug-likeness (QED) is 0.254. The van der Waals surface area contributed by atoms with Crippen LogP contribution >= 0.6 is 0 Å². The minimum Gasteiger partial charge on any atom is -0.491 e. The van der Waals surface area contributed by atoms with Crippen molar-refractivity contribution in [2.45, 2.75) is 58.3 Å². The highest BCUT2D eigenvalue weighted by atomic mass is 16.6. The van der Waals surface area contributed by atoms with E-state index in [1.54, 1.807) is 0 Å². The second-order valence-corrected chi connectivity index (χ2v) is 7.50. The topological polar surface area (TPSA) is 66.4 Å². The van der Waals surface area contributed by atoms with Gasteiger partial charge in [-0.1, -0.05) is 63.6 Å². The lowest BCUT2D eigenvalue weighted by Gasteiger charge is -2.12. The fourth-order valence-electron chi connectivity index (χ4n) is 3.16. The van der Waals surface area contributed by atoms with Crippen LogP contribution in [0.4, 0.5) is 0 Å². The lowest BCUT2D eigenvalue weighted by molar-refractivity contribution is -0.00781. The number of aliphatic hydroxyl groups is 1. The highest BCUT2D eigenvalue weighted by Gasteiger charge is 2.03. The molecule has 1 aromatic carbocycles. The summed E-state index contributed by atoms with van der Waals surface area (Å²) in [5.41, 5.74) is 1.29. The molecule has 180 valence electrons. The first-order chi connectivity index (χ1) is 15.4. The molecule has 0 aliphatic carbocycles. The number of aryl methyl sites for hydroxylation is 1. The van der Waals surface area contributed by atoms with Gasteiger partial charge in [0.15, 0.2) is 0 Å². The van der Waals surface area contributed by atoms with Crippen LogP contribution in [0.25, 0.3) is 0 Å². The summed E-state index contributed by atoms with van der Waals surface area (Å²) >= 11 is 0. The van der Waals surface area contributed by atoms with Gasteiger partial charge >= 0.3 is 0 Å². The molecule has 0 saturated heterocycles. The zero-order valence-corrected chi connectivity index (χ0v) is 19.5. The lowest BCUT2D eigenvalue weighted by atomic mass is 10.0. The second kappa shape index (κ2) is 22.0. The molecule has 1 N–H and O–H groups in total. The number of benzene rings is 1. The van der Waals surface area contributed by atoms with Gasteiger partial charge in [-0.2, -0.15) is 0 Å². The fraction of sp³-hybridized carbons (Fsp3) is 0.760. The van der Waals surface area contributed by atoms with Crippen molar-refractivity contribution in [3.05, 3.63) is 29.8 Å². The predicted octanol–water partition coefficient (Wildman–Crippen LogP) is 4.42. The molecule has 0 bridgehead atoms. The maximum atomic E-state index is 8.58. The van der Waals surface area contributed by atoms with Crippen molar-refractivity contribution in [2.75, 3.05) is 66.1 Å². The molecule has 0 fully saturated rings. The van der Waals surface area contributed by atoms with Gasteiger partial charge in [-0.05, 0) is 24.5 Å². The molecule has 0 saturated carbocycles. The van der Waals surface area contributed by atoms with Crippen LogP contribution in [0, 0.1) is 0 Å². The summed E-state index contributed by atoms with van der Waals surface area (Å²) in [7, 11) is 0. The van der Waals surface area contributed by atoms with Crippen LogP contribution in [0.2, 0.25) is 0 Å². The maximum absolute atomic E-state index is 8.58. The van der Waals surface area contributed by atoms with Crippen LogP contribution in [-0.4, -0.2) is 71.2 Å². The highest BCUT2D eigenvalue weighted by Crippen LogP contribution is 2.21. The summed E-state index contributed by atoms with van der Waals surface area (Å²) in [6.45, 7) is 6.90. The molecule has 0 atom stereocenters. The third-order valence-electron chi connectivity index (χ3n) is 4.86. The van der Waals surface area contributed by atoms with E-state index in [1.807, 2.05) is 6.07 Å². The monoisotopic (exact) mass is 440 g/mol. The molecule has 0 aliphatic heterocycles. The minimum atomic E-state index is 0.0416. The first-order valence-corrected chi connectivity index (χ1v) is 12.0. The van der Waals surface area contributed by atoms with E-state index >= 15 is 0 Å². The molecule has 0 spiro atoms. The molecule has 0 aromatic heterocycles. The third-order valence-corrected chi connectivity index (χ3v) is 4.86. The third kappa shape index (κ3) is 17.1.